The molecule has 5 nitrogen and oxygen atoms in total. The van der Waals surface area contributed by atoms with E-state index in [-0.39, 0.29) is 11.2 Å². The molecule has 1 atom stereocenters. The van der Waals surface area contributed by atoms with Crippen LogP contribution in [-0.4, -0.2) is 21.1 Å². The number of H-pyrrole nitrogens is 1. The zero-order chi connectivity index (χ0) is 13.7. The highest BCUT2D eigenvalue weighted by molar-refractivity contribution is 8.00. The fraction of sp³-hybridized carbons (Fsp3) is 0.154. The quantitative estimate of drug-likeness (QED) is 0.837. The zero-order valence-electron chi connectivity index (χ0n) is 10.3. The van der Waals surface area contributed by atoms with E-state index in [1.54, 1.807) is 36.7 Å². The minimum Gasteiger partial charge on any atom is -0.340 e. The van der Waals surface area contributed by atoms with E-state index in [2.05, 4.69) is 15.3 Å². The summed E-state index contributed by atoms with van der Waals surface area (Å²) in [7, 11) is 0. The van der Waals surface area contributed by atoms with Crippen molar-refractivity contribution in [1.82, 2.24) is 9.97 Å². The Kier molecular flexibility index (Phi) is 4.21. The van der Waals surface area contributed by atoms with E-state index in [0.29, 0.717) is 16.4 Å². The van der Waals surface area contributed by atoms with E-state index in [1.165, 1.54) is 11.8 Å². The summed E-state index contributed by atoms with van der Waals surface area (Å²) in [6.07, 6.45) is 3.36. The highest BCUT2D eigenvalue weighted by atomic mass is 32.2. The van der Waals surface area contributed by atoms with Gasteiger partial charge in [0.25, 0.3) is 0 Å². The lowest BCUT2D eigenvalue weighted by Crippen LogP contribution is -2.22. The second-order valence-corrected chi connectivity index (χ2v) is 5.16. The van der Waals surface area contributed by atoms with Crippen LogP contribution in [0.3, 0.4) is 0 Å². The van der Waals surface area contributed by atoms with E-state index in [9.17, 15) is 4.79 Å². The van der Waals surface area contributed by atoms with Gasteiger partial charge in [-0.15, -0.1) is 0 Å². The highest BCUT2D eigenvalue weighted by Gasteiger charge is 2.15. The summed E-state index contributed by atoms with van der Waals surface area (Å²) in [6.45, 7) is 1.81. The van der Waals surface area contributed by atoms with E-state index >= 15 is 0 Å². The average Bonchev–Trinajstić information content (AvgIpc) is 2.92. The van der Waals surface area contributed by atoms with Gasteiger partial charge in [-0.25, -0.2) is 4.98 Å². The molecule has 0 radical (unpaired) electrons. The first-order valence-electron chi connectivity index (χ1n) is 5.66. The normalized spacial score (nSPS) is 11.6. The molecule has 96 valence electrons. The Hall–Kier alpha value is -2.26. The molecular formula is C13H12N4OS. The first kappa shape index (κ1) is 13.2. The summed E-state index contributed by atoms with van der Waals surface area (Å²) in [5, 5.41) is 11.9. The highest BCUT2D eigenvalue weighted by Crippen LogP contribution is 2.20. The molecule has 19 heavy (non-hydrogen) atoms. The SMILES string of the molecule is CC(Sc1ncc[nH]1)C(=O)Nc1ccc(C#N)cc1. The van der Waals surface area contributed by atoms with Gasteiger partial charge in [0.1, 0.15) is 0 Å². The molecule has 0 aliphatic heterocycles. The molecule has 0 spiro atoms. The van der Waals surface area contributed by atoms with Gasteiger partial charge in [-0.05, 0) is 31.2 Å². The van der Waals surface area contributed by atoms with Gasteiger partial charge in [-0.2, -0.15) is 5.26 Å². The standard InChI is InChI=1S/C13H12N4OS/c1-9(19-13-15-6-7-16-13)12(18)17-11-4-2-10(8-14)3-5-11/h2-7,9H,1H3,(H,15,16)(H,17,18). The fourth-order valence-electron chi connectivity index (χ4n) is 1.41. The van der Waals surface area contributed by atoms with Gasteiger partial charge in [0.15, 0.2) is 5.16 Å². The van der Waals surface area contributed by atoms with Crippen LogP contribution < -0.4 is 5.32 Å². The summed E-state index contributed by atoms with van der Waals surface area (Å²) >= 11 is 1.35. The van der Waals surface area contributed by atoms with Gasteiger partial charge < -0.3 is 10.3 Å². The second-order valence-electron chi connectivity index (χ2n) is 3.83. The van der Waals surface area contributed by atoms with Crippen molar-refractivity contribution in [2.75, 3.05) is 5.32 Å². The molecule has 2 aromatic rings. The van der Waals surface area contributed by atoms with Crippen LogP contribution in [0.25, 0.3) is 0 Å². The molecule has 1 aromatic heterocycles. The molecule has 0 fully saturated rings. The molecule has 0 bridgehead atoms. The number of aromatic amines is 1. The number of rotatable bonds is 4. The van der Waals surface area contributed by atoms with Crippen molar-refractivity contribution in [3.63, 3.8) is 0 Å². The molecule has 1 unspecified atom stereocenters. The summed E-state index contributed by atoms with van der Waals surface area (Å²) in [5.74, 6) is -0.105. The van der Waals surface area contributed by atoms with Crippen molar-refractivity contribution in [3.8, 4) is 6.07 Å². The molecule has 2 rings (SSSR count). The first-order chi connectivity index (χ1) is 9.19. The van der Waals surface area contributed by atoms with Gasteiger partial charge in [0.2, 0.25) is 5.91 Å². The van der Waals surface area contributed by atoms with Gasteiger partial charge >= 0.3 is 0 Å². The minimum absolute atomic E-state index is 0.105. The molecule has 6 heteroatoms. The Morgan fingerprint density at radius 2 is 2.21 bits per heavy atom. The molecular weight excluding hydrogens is 260 g/mol. The number of nitrogens with zero attached hydrogens (tertiary/aromatic N) is 2. The van der Waals surface area contributed by atoms with Crippen molar-refractivity contribution in [2.24, 2.45) is 0 Å². The molecule has 2 N–H and O–H groups in total. The third-order valence-corrected chi connectivity index (χ3v) is 3.43. The Morgan fingerprint density at radius 3 is 2.79 bits per heavy atom. The predicted octanol–water partition coefficient (Wildman–Crippen LogP) is 2.40. The molecule has 1 heterocycles. The molecule has 1 aromatic carbocycles. The van der Waals surface area contributed by atoms with Crippen molar-refractivity contribution >= 4 is 23.4 Å². The van der Waals surface area contributed by atoms with Crippen molar-refractivity contribution in [3.05, 3.63) is 42.2 Å². The third-order valence-electron chi connectivity index (χ3n) is 2.41. The van der Waals surface area contributed by atoms with Crippen LogP contribution in [0, 0.1) is 11.3 Å². The maximum Gasteiger partial charge on any atom is 0.237 e. The number of amides is 1. The topological polar surface area (TPSA) is 81.6 Å². The lowest BCUT2D eigenvalue weighted by atomic mass is 10.2. The lowest BCUT2D eigenvalue weighted by Gasteiger charge is -2.10. The summed E-state index contributed by atoms with van der Waals surface area (Å²) in [5.41, 5.74) is 1.24. The van der Waals surface area contributed by atoms with Crippen molar-refractivity contribution in [2.45, 2.75) is 17.3 Å². The van der Waals surface area contributed by atoms with Crippen LogP contribution in [0.1, 0.15) is 12.5 Å². The lowest BCUT2D eigenvalue weighted by molar-refractivity contribution is -0.115. The van der Waals surface area contributed by atoms with Crippen LogP contribution in [0.4, 0.5) is 5.69 Å². The molecule has 1 amide bonds. The molecule has 0 aliphatic carbocycles. The number of hydrogen-bond donors (Lipinski definition) is 2. The number of anilines is 1. The van der Waals surface area contributed by atoms with Gasteiger partial charge in [-0.3, -0.25) is 4.79 Å². The number of benzene rings is 1. The van der Waals surface area contributed by atoms with E-state index < -0.39 is 0 Å². The number of carbonyl (C=O) groups is 1. The number of aromatic nitrogens is 2. The predicted molar refractivity (Wildman–Crippen MR) is 73.7 cm³/mol. The third kappa shape index (κ3) is 3.60. The number of thioether (sulfide) groups is 1. The van der Waals surface area contributed by atoms with Gasteiger partial charge in [-0.1, -0.05) is 11.8 Å². The van der Waals surface area contributed by atoms with Crippen LogP contribution in [0.5, 0.6) is 0 Å². The summed E-state index contributed by atoms with van der Waals surface area (Å²) in [4.78, 5) is 19.0. The number of carbonyl (C=O) groups excluding carboxylic acids is 1. The van der Waals surface area contributed by atoms with Crippen molar-refractivity contribution in [1.29, 1.82) is 5.26 Å². The summed E-state index contributed by atoms with van der Waals surface area (Å²) < 4.78 is 0. The Bertz CT molecular complexity index is 586. The largest absolute Gasteiger partial charge is 0.340 e. The molecule has 0 aliphatic rings. The number of hydrogen-bond acceptors (Lipinski definition) is 4. The smallest absolute Gasteiger partial charge is 0.237 e. The van der Waals surface area contributed by atoms with E-state index in [4.69, 9.17) is 5.26 Å². The Labute approximate surface area is 115 Å². The van der Waals surface area contributed by atoms with Crippen LogP contribution in [-0.2, 0) is 4.79 Å². The van der Waals surface area contributed by atoms with Crippen LogP contribution in [0.2, 0.25) is 0 Å². The maximum atomic E-state index is 12.0. The Balaban J connectivity index is 1.94. The number of nitriles is 1. The average molecular weight is 272 g/mol. The van der Waals surface area contributed by atoms with Crippen molar-refractivity contribution < 1.29 is 4.79 Å². The van der Waals surface area contributed by atoms with Crippen LogP contribution >= 0.6 is 11.8 Å². The minimum atomic E-state index is -0.262. The Morgan fingerprint density at radius 1 is 1.47 bits per heavy atom. The van der Waals surface area contributed by atoms with E-state index in [1.807, 2.05) is 13.0 Å². The van der Waals surface area contributed by atoms with E-state index in [0.717, 1.165) is 0 Å². The second kappa shape index (κ2) is 6.07. The number of nitrogens with one attached hydrogen (secondary N) is 2. The number of imidazole rings is 1. The first-order valence-corrected chi connectivity index (χ1v) is 6.54. The van der Waals surface area contributed by atoms with Gasteiger partial charge in [0.05, 0.1) is 16.9 Å². The molecule has 0 saturated carbocycles. The zero-order valence-corrected chi connectivity index (χ0v) is 11.1. The fourth-order valence-corrected chi connectivity index (χ4v) is 2.17. The van der Waals surface area contributed by atoms with Crippen LogP contribution in [0.15, 0.2) is 41.8 Å². The maximum absolute atomic E-state index is 12.0. The summed E-state index contributed by atoms with van der Waals surface area (Å²) in [6, 6.07) is 8.78. The van der Waals surface area contributed by atoms with Gasteiger partial charge in [0, 0.05) is 18.1 Å². The molecule has 0 saturated heterocycles. The monoisotopic (exact) mass is 272 g/mol.